The summed E-state index contributed by atoms with van der Waals surface area (Å²) >= 11 is 7.41. The van der Waals surface area contributed by atoms with Gasteiger partial charge in [-0.15, -0.1) is 0 Å². The molecule has 4 N–H and O–H groups in total. The summed E-state index contributed by atoms with van der Waals surface area (Å²) in [5.41, 5.74) is 6.16. The summed E-state index contributed by atoms with van der Waals surface area (Å²) in [5.74, 6) is 2.46. The molecule has 0 spiro atoms. The average Bonchev–Trinajstić information content (AvgIpc) is 2.28. The molecule has 5 nitrogen and oxygen atoms in total. The molecule has 0 fully saturated rings. The quantitative estimate of drug-likeness (QED) is 0.507. The zero-order valence-corrected chi connectivity index (χ0v) is 10.4. The Balaban J connectivity index is 2.23. The zero-order chi connectivity index (χ0) is 11.8. The van der Waals surface area contributed by atoms with Crippen LogP contribution in [0.25, 0.3) is 0 Å². The van der Waals surface area contributed by atoms with Crippen LogP contribution in [0.5, 0.6) is 0 Å². The van der Waals surface area contributed by atoms with Crippen LogP contribution in [0.3, 0.4) is 0 Å². The normalized spacial score (nSPS) is 10.4. The summed E-state index contributed by atoms with van der Waals surface area (Å²) in [5, 5.41) is 11.9. The third-order valence-corrected chi connectivity index (χ3v) is 3.03. The number of nitrogens with one attached hydrogen (secondary N) is 1. The highest BCUT2D eigenvalue weighted by molar-refractivity contribution is 7.99. The van der Waals surface area contributed by atoms with E-state index in [9.17, 15) is 0 Å². The molecule has 90 valence electrons. The lowest BCUT2D eigenvalue weighted by molar-refractivity contribution is 0.296. The Kier molecular flexibility index (Phi) is 6.29. The summed E-state index contributed by atoms with van der Waals surface area (Å²) in [7, 11) is 0. The minimum absolute atomic E-state index is 0.185. The van der Waals surface area contributed by atoms with Crippen LogP contribution in [-0.4, -0.2) is 39.7 Å². The first kappa shape index (κ1) is 13.3. The standard InChI is InChI=1S/C9H15ClN4OS/c10-9-13-6-7(11)8(14-9)12-2-5-16-4-1-3-15/h6,15H,1-5,11H2,(H,12,13,14). The number of aliphatic hydroxyl groups excluding tert-OH is 1. The number of halogens is 1. The van der Waals surface area contributed by atoms with Gasteiger partial charge < -0.3 is 16.2 Å². The van der Waals surface area contributed by atoms with Crippen molar-refractivity contribution in [3.8, 4) is 0 Å². The second-order valence-electron chi connectivity index (χ2n) is 3.06. The third-order valence-electron chi connectivity index (χ3n) is 1.77. The van der Waals surface area contributed by atoms with Crippen molar-refractivity contribution in [3.63, 3.8) is 0 Å². The molecule has 1 heterocycles. The SMILES string of the molecule is Nc1cnc(Cl)nc1NCCSCCCO. The van der Waals surface area contributed by atoms with Gasteiger partial charge in [-0.2, -0.15) is 16.7 Å². The third kappa shape index (κ3) is 4.87. The van der Waals surface area contributed by atoms with E-state index < -0.39 is 0 Å². The number of rotatable bonds is 7. The predicted molar refractivity (Wildman–Crippen MR) is 69.0 cm³/mol. The Hall–Kier alpha value is -0.720. The topological polar surface area (TPSA) is 84.1 Å². The highest BCUT2D eigenvalue weighted by Crippen LogP contribution is 2.15. The molecular formula is C9H15ClN4OS. The first-order valence-corrected chi connectivity index (χ1v) is 6.48. The predicted octanol–water partition coefficient (Wildman–Crippen LogP) is 1.24. The van der Waals surface area contributed by atoms with Crippen LogP contribution in [0.2, 0.25) is 5.28 Å². The van der Waals surface area contributed by atoms with Crippen molar-refractivity contribution >= 4 is 34.9 Å². The van der Waals surface area contributed by atoms with E-state index in [-0.39, 0.29) is 11.9 Å². The van der Waals surface area contributed by atoms with Crippen molar-refractivity contribution in [2.75, 3.05) is 35.7 Å². The molecule has 0 aliphatic rings. The lowest BCUT2D eigenvalue weighted by atomic mass is 10.5. The molecule has 1 rings (SSSR count). The molecule has 0 atom stereocenters. The molecule has 7 heteroatoms. The van der Waals surface area contributed by atoms with Crippen LogP contribution >= 0.6 is 23.4 Å². The maximum absolute atomic E-state index is 8.59. The van der Waals surface area contributed by atoms with Crippen molar-refractivity contribution in [2.24, 2.45) is 0 Å². The van der Waals surface area contributed by atoms with E-state index in [0.717, 1.165) is 24.5 Å². The van der Waals surface area contributed by atoms with Crippen molar-refractivity contribution < 1.29 is 5.11 Å². The number of aliphatic hydroxyl groups is 1. The van der Waals surface area contributed by atoms with Crippen molar-refractivity contribution in [2.45, 2.75) is 6.42 Å². The minimum atomic E-state index is 0.185. The molecule has 0 amide bonds. The molecule has 1 aromatic rings. The molecule has 1 aromatic heterocycles. The van der Waals surface area contributed by atoms with Gasteiger partial charge in [-0.25, -0.2) is 4.98 Å². The van der Waals surface area contributed by atoms with Crippen LogP contribution in [0.15, 0.2) is 6.20 Å². The smallest absolute Gasteiger partial charge is 0.224 e. The number of anilines is 2. The Labute approximate surface area is 104 Å². The van der Waals surface area contributed by atoms with Gasteiger partial charge in [-0.1, -0.05) is 0 Å². The summed E-state index contributed by atoms with van der Waals surface area (Å²) in [6.45, 7) is 1.00. The summed E-state index contributed by atoms with van der Waals surface area (Å²) in [4.78, 5) is 7.74. The second kappa shape index (κ2) is 7.54. The van der Waals surface area contributed by atoms with Crippen LogP contribution in [0.1, 0.15) is 6.42 Å². The van der Waals surface area contributed by atoms with Gasteiger partial charge in [0.05, 0.1) is 11.9 Å². The van der Waals surface area contributed by atoms with E-state index in [1.807, 2.05) is 0 Å². The van der Waals surface area contributed by atoms with E-state index in [4.69, 9.17) is 22.4 Å². The van der Waals surface area contributed by atoms with Gasteiger partial charge in [0.25, 0.3) is 0 Å². The maximum Gasteiger partial charge on any atom is 0.224 e. The van der Waals surface area contributed by atoms with Gasteiger partial charge in [0.15, 0.2) is 5.82 Å². The van der Waals surface area contributed by atoms with E-state index in [2.05, 4.69) is 15.3 Å². The maximum atomic E-state index is 8.59. The van der Waals surface area contributed by atoms with E-state index in [0.29, 0.717) is 11.5 Å². The molecule has 0 aliphatic heterocycles. The van der Waals surface area contributed by atoms with Crippen molar-refractivity contribution in [1.29, 1.82) is 0 Å². The average molecular weight is 263 g/mol. The monoisotopic (exact) mass is 262 g/mol. The Bertz CT molecular complexity index is 326. The highest BCUT2D eigenvalue weighted by Gasteiger charge is 2.01. The van der Waals surface area contributed by atoms with Gasteiger partial charge in [0.1, 0.15) is 0 Å². The van der Waals surface area contributed by atoms with E-state index >= 15 is 0 Å². The molecule has 0 unspecified atom stereocenters. The molecule has 16 heavy (non-hydrogen) atoms. The van der Waals surface area contributed by atoms with Gasteiger partial charge in [0.2, 0.25) is 5.28 Å². The first-order valence-electron chi connectivity index (χ1n) is 4.94. The molecule has 0 aromatic carbocycles. The molecule has 0 saturated heterocycles. The number of aromatic nitrogens is 2. The second-order valence-corrected chi connectivity index (χ2v) is 4.62. The number of hydrogen-bond donors (Lipinski definition) is 3. The zero-order valence-electron chi connectivity index (χ0n) is 8.82. The molecule has 0 saturated carbocycles. The molecule has 0 aliphatic carbocycles. The van der Waals surface area contributed by atoms with Gasteiger partial charge >= 0.3 is 0 Å². The fraction of sp³-hybridized carbons (Fsp3) is 0.556. The largest absolute Gasteiger partial charge is 0.396 e. The number of hydrogen-bond acceptors (Lipinski definition) is 6. The van der Waals surface area contributed by atoms with E-state index in [1.54, 1.807) is 11.8 Å². The fourth-order valence-corrected chi connectivity index (χ4v) is 1.94. The number of nitrogens with zero attached hydrogens (tertiary/aromatic N) is 2. The molecule has 0 radical (unpaired) electrons. The number of nitrogens with two attached hydrogens (primary N) is 1. The van der Waals surface area contributed by atoms with Crippen molar-refractivity contribution in [1.82, 2.24) is 9.97 Å². The Morgan fingerprint density at radius 1 is 1.50 bits per heavy atom. The van der Waals surface area contributed by atoms with E-state index in [1.165, 1.54) is 6.20 Å². The Morgan fingerprint density at radius 2 is 2.31 bits per heavy atom. The Morgan fingerprint density at radius 3 is 3.06 bits per heavy atom. The van der Waals surface area contributed by atoms with Crippen LogP contribution in [0.4, 0.5) is 11.5 Å². The fourth-order valence-electron chi connectivity index (χ4n) is 1.02. The first-order chi connectivity index (χ1) is 7.74. The van der Waals surface area contributed by atoms with Gasteiger partial charge in [-0.05, 0) is 23.8 Å². The van der Waals surface area contributed by atoms with Crippen molar-refractivity contribution in [3.05, 3.63) is 11.5 Å². The lowest BCUT2D eigenvalue weighted by Crippen LogP contribution is -2.09. The molecular weight excluding hydrogens is 248 g/mol. The number of nitrogen functional groups attached to an aromatic ring is 1. The van der Waals surface area contributed by atoms with Crippen LogP contribution in [-0.2, 0) is 0 Å². The highest BCUT2D eigenvalue weighted by atomic mass is 35.5. The summed E-state index contributed by atoms with van der Waals surface area (Å²) in [6, 6.07) is 0. The summed E-state index contributed by atoms with van der Waals surface area (Å²) < 4.78 is 0. The summed E-state index contributed by atoms with van der Waals surface area (Å²) in [6.07, 6.45) is 2.31. The van der Waals surface area contributed by atoms with Gasteiger partial charge in [0, 0.05) is 18.9 Å². The minimum Gasteiger partial charge on any atom is -0.396 e. The molecule has 0 bridgehead atoms. The van der Waals surface area contributed by atoms with Gasteiger partial charge in [-0.3, -0.25) is 0 Å². The number of thioether (sulfide) groups is 1. The van der Waals surface area contributed by atoms with Crippen LogP contribution in [0, 0.1) is 0 Å². The van der Waals surface area contributed by atoms with Crippen LogP contribution < -0.4 is 11.1 Å². The lowest BCUT2D eigenvalue weighted by Gasteiger charge is -2.07.